The van der Waals surface area contributed by atoms with E-state index >= 15 is 0 Å². The molecule has 3 heteroatoms. The van der Waals surface area contributed by atoms with Gasteiger partial charge in [-0.2, -0.15) is 0 Å². The Bertz CT molecular complexity index is 4350. The first-order chi connectivity index (χ1) is 38.7. The minimum absolute atomic E-state index is 0.552. The summed E-state index contributed by atoms with van der Waals surface area (Å²) in [7, 11) is 0. The maximum Gasteiger partial charge on any atom is 0.0736 e. The Morgan fingerprint density at radius 1 is 0.231 bits per heavy atom. The van der Waals surface area contributed by atoms with Gasteiger partial charge < -0.3 is 4.90 Å². The fraction of sp³-hybridized carbons (Fsp3) is 0.0400. The van der Waals surface area contributed by atoms with Crippen molar-refractivity contribution in [2.45, 2.75) is 35.8 Å². The van der Waals surface area contributed by atoms with E-state index in [1.807, 2.05) is 23.5 Å². The SMILES string of the molecule is c1ccc(C2(c3ccccc3)c3ccccc3-c3c(N(c4ccc5c(c4)C4(c6ccccc6Sc6ccccc64)c4ccccc4-5)c4cccc5c4-c4ccccc4C54c5ccccc5Sc5ccccc54)cccc32)cc1. The highest BCUT2D eigenvalue weighted by Gasteiger charge is 2.54. The molecule has 5 aliphatic rings. The molecule has 1 nitrogen and oxygen atoms in total. The van der Waals surface area contributed by atoms with Gasteiger partial charge in [-0.25, -0.2) is 0 Å². The van der Waals surface area contributed by atoms with E-state index in [9.17, 15) is 0 Å². The molecule has 12 aromatic rings. The third-order valence-corrected chi connectivity index (χ3v) is 20.2. The molecule has 12 aromatic carbocycles. The summed E-state index contributed by atoms with van der Waals surface area (Å²) in [6.07, 6.45) is 0. The summed E-state index contributed by atoms with van der Waals surface area (Å²) in [6.45, 7) is 0. The van der Waals surface area contributed by atoms with Gasteiger partial charge in [0.1, 0.15) is 0 Å². The number of hydrogen-bond acceptors (Lipinski definition) is 3. The second-order valence-corrected chi connectivity index (χ2v) is 23.4. The van der Waals surface area contributed by atoms with Gasteiger partial charge in [0.05, 0.1) is 27.6 Å². The van der Waals surface area contributed by atoms with Crippen LogP contribution in [0, 0.1) is 0 Å². The third-order valence-electron chi connectivity index (χ3n) is 17.9. The molecule has 0 saturated carbocycles. The summed E-state index contributed by atoms with van der Waals surface area (Å²) >= 11 is 3.79. The van der Waals surface area contributed by atoms with E-state index < -0.39 is 16.2 Å². The highest BCUT2D eigenvalue weighted by Crippen LogP contribution is 2.67. The largest absolute Gasteiger partial charge is 0.309 e. The highest BCUT2D eigenvalue weighted by atomic mass is 32.2. The number of hydrogen-bond donors (Lipinski definition) is 0. The predicted octanol–water partition coefficient (Wildman–Crippen LogP) is 19.2. The molecule has 2 spiro atoms. The maximum absolute atomic E-state index is 2.66. The fourth-order valence-electron chi connectivity index (χ4n) is 15.1. The minimum atomic E-state index is -0.588. The van der Waals surface area contributed by atoms with E-state index in [-0.39, 0.29) is 0 Å². The average molecular weight is 1030 g/mol. The molecule has 364 valence electrons. The van der Waals surface area contributed by atoms with Crippen LogP contribution in [0.1, 0.15) is 66.8 Å². The van der Waals surface area contributed by atoms with Crippen molar-refractivity contribution in [2.24, 2.45) is 0 Å². The Hall–Kier alpha value is -8.86. The van der Waals surface area contributed by atoms with E-state index in [0.717, 1.165) is 17.1 Å². The van der Waals surface area contributed by atoms with Crippen LogP contribution in [0.15, 0.2) is 305 Å². The first kappa shape index (κ1) is 44.3. The molecule has 0 bridgehead atoms. The van der Waals surface area contributed by atoms with Crippen LogP contribution in [-0.4, -0.2) is 0 Å². The molecule has 0 radical (unpaired) electrons. The van der Waals surface area contributed by atoms with Crippen molar-refractivity contribution in [3.63, 3.8) is 0 Å². The average Bonchev–Trinajstić information content (AvgIpc) is 4.28. The van der Waals surface area contributed by atoms with E-state index in [0.29, 0.717) is 0 Å². The predicted molar refractivity (Wildman–Crippen MR) is 321 cm³/mol. The van der Waals surface area contributed by atoms with E-state index in [2.05, 4.69) is 290 Å². The molecular formula is C75H47NS2. The van der Waals surface area contributed by atoms with Crippen LogP contribution < -0.4 is 4.90 Å². The molecule has 0 aromatic heterocycles. The summed E-state index contributed by atoms with van der Waals surface area (Å²) in [5.41, 5.74) is 24.9. The van der Waals surface area contributed by atoms with E-state index in [1.54, 1.807) is 0 Å². The zero-order chi connectivity index (χ0) is 51.2. The van der Waals surface area contributed by atoms with Gasteiger partial charge in [0.2, 0.25) is 0 Å². The Balaban J connectivity index is 1.01. The summed E-state index contributed by atoms with van der Waals surface area (Å²) in [5, 5.41) is 0. The standard InChI is InChI=1S/C75H47NS2/c1-3-23-48(24-4-1)73(49-25-5-2-6-26-49)56-31-11-8-28-53(56)71-62(73)37-21-39-65(71)76(50-45-46-52-51-27-7-10-30-55(51)75(64(52)47-50)60-35-15-19-43-69(60)78-70-44-20-16-36-61(70)75)66-40-22-38-63-72(66)54-29-9-12-32-57(54)74(63)58-33-13-17-41-67(58)77-68-42-18-14-34-59(68)74/h1-47H. The van der Waals surface area contributed by atoms with Crippen molar-refractivity contribution >= 4 is 40.6 Å². The number of benzene rings is 12. The van der Waals surface area contributed by atoms with Crippen LogP contribution >= 0.6 is 23.5 Å². The van der Waals surface area contributed by atoms with Gasteiger partial charge in [0.25, 0.3) is 0 Å². The minimum Gasteiger partial charge on any atom is -0.309 e. The van der Waals surface area contributed by atoms with Crippen molar-refractivity contribution in [1.29, 1.82) is 0 Å². The molecule has 0 atom stereocenters. The summed E-state index contributed by atoms with van der Waals surface area (Å²) < 4.78 is 0. The number of rotatable bonds is 5. The Kier molecular flexibility index (Phi) is 9.41. The van der Waals surface area contributed by atoms with Crippen LogP contribution in [0.25, 0.3) is 33.4 Å². The van der Waals surface area contributed by atoms with Crippen molar-refractivity contribution < 1.29 is 0 Å². The summed E-state index contributed by atoms with van der Waals surface area (Å²) in [5.74, 6) is 0. The maximum atomic E-state index is 2.66. The molecule has 0 saturated heterocycles. The summed E-state index contributed by atoms with van der Waals surface area (Å²) in [4.78, 5) is 7.85. The quantitative estimate of drug-likeness (QED) is 0.169. The Morgan fingerprint density at radius 3 is 1.04 bits per heavy atom. The van der Waals surface area contributed by atoms with Crippen LogP contribution in [0.5, 0.6) is 0 Å². The molecule has 78 heavy (non-hydrogen) atoms. The van der Waals surface area contributed by atoms with Gasteiger partial charge >= 0.3 is 0 Å². The highest BCUT2D eigenvalue weighted by molar-refractivity contribution is 7.99. The lowest BCUT2D eigenvalue weighted by Gasteiger charge is -2.40. The molecule has 0 amide bonds. The fourth-order valence-corrected chi connectivity index (χ4v) is 17.5. The van der Waals surface area contributed by atoms with E-state index in [4.69, 9.17) is 0 Å². The number of anilines is 3. The van der Waals surface area contributed by atoms with Crippen LogP contribution in [0.2, 0.25) is 0 Å². The lowest BCUT2D eigenvalue weighted by molar-refractivity contribution is 0.722. The lowest BCUT2D eigenvalue weighted by Crippen LogP contribution is -2.32. The molecular weight excluding hydrogens is 979 g/mol. The molecule has 0 fully saturated rings. The Labute approximate surface area is 463 Å². The lowest BCUT2D eigenvalue weighted by atomic mass is 9.67. The molecule has 0 N–H and O–H groups in total. The molecule has 17 rings (SSSR count). The van der Waals surface area contributed by atoms with Gasteiger partial charge in [-0.1, -0.05) is 260 Å². The monoisotopic (exact) mass is 1030 g/mol. The molecule has 2 heterocycles. The van der Waals surface area contributed by atoms with Gasteiger partial charge in [-0.15, -0.1) is 0 Å². The van der Waals surface area contributed by atoms with Crippen LogP contribution in [0.4, 0.5) is 17.1 Å². The Morgan fingerprint density at radius 2 is 0.564 bits per heavy atom. The second-order valence-electron chi connectivity index (χ2n) is 21.3. The smallest absolute Gasteiger partial charge is 0.0736 e. The van der Waals surface area contributed by atoms with Crippen LogP contribution in [-0.2, 0) is 16.2 Å². The first-order valence-corrected chi connectivity index (χ1v) is 28.7. The normalized spacial score (nSPS) is 15.1. The first-order valence-electron chi connectivity index (χ1n) is 27.1. The number of nitrogens with zero attached hydrogens (tertiary/aromatic N) is 1. The van der Waals surface area contributed by atoms with Gasteiger partial charge in [-0.05, 0) is 138 Å². The van der Waals surface area contributed by atoms with Gasteiger partial charge in [0.15, 0.2) is 0 Å². The molecule has 0 unspecified atom stereocenters. The number of fused-ring (bicyclic) bond motifs is 21. The zero-order valence-electron chi connectivity index (χ0n) is 42.4. The van der Waals surface area contributed by atoms with Crippen molar-refractivity contribution in [3.05, 3.63) is 352 Å². The second kappa shape index (κ2) is 16.6. The van der Waals surface area contributed by atoms with Gasteiger partial charge in [0, 0.05) is 36.4 Å². The van der Waals surface area contributed by atoms with Crippen LogP contribution in [0.3, 0.4) is 0 Å². The summed E-state index contributed by atoms with van der Waals surface area (Å²) in [6, 6.07) is 109. The van der Waals surface area contributed by atoms with E-state index in [1.165, 1.54) is 120 Å². The third kappa shape index (κ3) is 5.59. The van der Waals surface area contributed by atoms with Crippen molar-refractivity contribution in [3.8, 4) is 33.4 Å². The van der Waals surface area contributed by atoms with Crippen molar-refractivity contribution in [1.82, 2.24) is 0 Å². The molecule has 3 aliphatic carbocycles. The van der Waals surface area contributed by atoms with Gasteiger partial charge in [-0.3, -0.25) is 0 Å². The topological polar surface area (TPSA) is 3.24 Å². The molecule has 2 aliphatic heterocycles. The van der Waals surface area contributed by atoms with Crippen molar-refractivity contribution in [2.75, 3.05) is 4.90 Å². The zero-order valence-corrected chi connectivity index (χ0v) is 44.0.